The molecule has 0 amide bonds. The number of aromatic nitrogens is 2. The van der Waals surface area contributed by atoms with E-state index in [1.165, 1.54) is 0 Å². The second kappa shape index (κ2) is 5.42. The summed E-state index contributed by atoms with van der Waals surface area (Å²) in [6, 6.07) is -0.0818. The number of rotatable bonds is 4. The van der Waals surface area contributed by atoms with Crippen LogP contribution in [0, 0.1) is 0 Å². The second-order valence-corrected chi connectivity index (χ2v) is 4.22. The van der Waals surface area contributed by atoms with Crippen LogP contribution in [0.3, 0.4) is 0 Å². The van der Waals surface area contributed by atoms with Gasteiger partial charge >= 0.3 is 0 Å². The van der Waals surface area contributed by atoms with E-state index in [-0.39, 0.29) is 6.04 Å². The molecule has 1 aliphatic rings. The molecule has 2 rings (SSSR count). The maximum atomic E-state index is 9.70. The predicted molar refractivity (Wildman–Crippen MR) is 65.0 cm³/mol. The first-order valence-electron chi connectivity index (χ1n) is 6.11. The number of aliphatic hydroxyl groups excluding tert-OH is 1. The summed E-state index contributed by atoms with van der Waals surface area (Å²) in [5.74, 6) is 0.779. The number of nitrogens with one attached hydrogen (secondary N) is 1. The minimum Gasteiger partial charge on any atom is -0.388 e. The molecule has 1 saturated heterocycles. The molecule has 0 bridgehead atoms. The first-order valence-corrected chi connectivity index (χ1v) is 6.11. The largest absolute Gasteiger partial charge is 0.388 e. The summed E-state index contributed by atoms with van der Waals surface area (Å²) in [6.07, 6.45) is 3.02. The minimum atomic E-state index is -0.466. The molecule has 1 unspecified atom stereocenters. The molecule has 0 aliphatic carbocycles. The highest BCUT2D eigenvalue weighted by Gasteiger charge is 2.27. The van der Waals surface area contributed by atoms with Crippen molar-refractivity contribution in [1.82, 2.24) is 9.97 Å². The zero-order valence-electron chi connectivity index (χ0n) is 10.3. The zero-order chi connectivity index (χ0) is 12.3. The van der Waals surface area contributed by atoms with Crippen molar-refractivity contribution >= 4 is 5.82 Å². The van der Waals surface area contributed by atoms with Crippen molar-refractivity contribution in [2.75, 3.05) is 18.5 Å². The minimum absolute atomic E-state index is 0.0818. The van der Waals surface area contributed by atoms with Gasteiger partial charge in [-0.1, -0.05) is 13.8 Å². The highest BCUT2D eigenvalue weighted by molar-refractivity contribution is 5.42. The van der Waals surface area contributed by atoms with E-state index in [0.29, 0.717) is 13.2 Å². The molecule has 0 aromatic carbocycles. The number of anilines is 1. The lowest BCUT2D eigenvalue weighted by Gasteiger charge is -2.17. The number of aryl methyl sites for hydroxylation is 2. The van der Waals surface area contributed by atoms with Gasteiger partial charge in [-0.05, 0) is 12.8 Å². The molecule has 0 radical (unpaired) electrons. The second-order valence-electron chi connectivity index (χ2n) is 4.22. The van der Waals surface area contributed by atoms with E-state index in [9.17, 15) is 5.11 Å². The molecule has 1 aromatic heterocycles. The fourth-order valence-electron chi connectivity index (χ4n) is 1.85. The van der Waals surface area contributed by atoms with Crippen LogP contribution in [0.15, 0.2) is 6.20 Å². The summed E-state index contributed by atoms with van der Waals surface area (Å²) < 4.78 is 5.21. The van der Waals surface area contributed by atoms with Gasteiger partial charge in [0.2, 0.25) is 0 Å². The van der Waals surface area contributed by atoms with Gasteiger partial charge in [-0.3, -0.25) is 4.98 Å². The average molecular weight is 237 g/mol. The summed E-state index contributed by atoms with van der Waals surface area (Å²) in [4.78, 5) is 8.91. The number of hydrogen-bond acceptors (Lipinski definition) is 5. The van der Waals surface area contributed by atoms with E-state index in [2.05, 4.69) is 15.3 Å². The Kier molecular flexibility index (Phi) is 3.91. The van der Waals surface area contributed by atoms with E-state index in [0.717, 1.165) is 30.0 Å². The lowest BCUT2D eigenvalue weighted by molar-refractivity contribution is 0.125. The molecule has 0 spiro atoms. The summed E-state index contributed by atoms with van der Waals surface area (Å²) >= 11 is 0. The molecule has 94 valence electrons. The summed E-state index contributed by atoms with van der Waals surface area (Å²) in [7, 11) is 0. The molecule has 2 heterocycles. The van der Waals surface area contributed by atoms with Gasteiger partial charge in [0.1, 0.15) is 5.82 Å². The third-order valence-electron chi connectivity index (χ3n) is 2.97. The predicted octanol–water partition coefficient (Wildman–Crippen LogP) is 0.773. The van der Waals surface area contributed by atoms with Gasteiger partial charge in [0, 0.05) is 6.20 Å². The van der Waals surface area contributed by atoms with Crippen LogP contribution in [0.4, 0.5) is 5.82 Å². The third-order valence-corrected chi connectivity index (χ3v) is 2.97. The van der Waals surface area contributed by atoms with E-state index in [1.807, 2.05) is 20.0 Å². The molecule has 17 heavy (non-hydrogen) atoms. The van der Waals surface area contributed by atoms with E-state index >= 15 is 0 Å². The maximum Gasteiger partial charge on any atom is 0.148 e. The Morgan fingerprint density at radius 1 is 1.41 bits per heavy atom. The number of ether oxygens (including phenoxy) is 1. The Balaban J connectivity index is 2.17. The van der Waals surface area contributed by atoms with E-state index in [4.69, 9.17) is 4.74 Å². The molecule has 5 heteroatoms. The molecule has 0 saturated carbocycles. The third kappa shape index (κ3) is 2.73. The molecule has 2 N–H and O–H groups in total. The first kappa shape index (κ1) is 12.3. The number of aliphatic hydroxyl groups is 1. The van der Waals surface area contributed by atoms with Crippen LogP contribution in [0.1, 0.15) is 25.2 Å². The molecular formula is C12H19N3O2. The van der Waals surface area contributed by atoms with Crippen LogP contribution in [-0.2, 0) is 17.6 Å². The van der Waals surface area contributed by atoms with Crippen LogP contribution in [0.2, 0.25) is 0 Å². The Morgan fingerprint density at radius 3 is 2.82 bits per heavy atom. The lowest BCUT2D eigenvalue weighted by Crippen LogP contribution is -2.32. The Bertz CT molecular complexity index is 384. The van der Waals surface area contributed by atoms with Crippen molar-refractivity contribution in [3.05, 3.63) is 17.6 Å². The van der Waals surface area contributed by atoms with Crippen molar-refractivity contribution in [2.45, 2.75) is 38.8 Å². The van der Waals surface area contributed by atoms with Gasteiger partial charge in [-0.25, -0.2) is 4.98 Å². The van der Waals surface area contributed by atoms with Gasteiger partial charge in [0.15, 0.2) is 0 Å². The normalized spacial score (nSPS) is 23.9. The monoisotopic (exact) mass is 237 g/mol. The van der Waals surface area contributed by atoms with Gasteiger partial charge < -0.3 is 15.2 Å². The maximum absolute atomic E-state index is 9.70. The molecule has 1 aromatic rings. The lowest BCUT2D eigenvalue weighted by atomic mass is 10.2. The smallest absolute Gasteiger partial charge is 0.148 e. The summed E-state index contributed by atoms with van der Waals surface area (Å²) in [5, 5.41) is 12.9. The van der Waals surface area contributed by atoms with Crippen LogP contribution < -0.4 is 5.32 Å². The van der Waals surface area contributed by atoms with E-state index < -0.39 is 6.10 Å². The van der Waals surface area contributed by atoms with Crippen LogP contribution in [-0.4, -0.2) is 40.4 Å². The van der Waals surface area contributed by atoms with Crippen molar-refractivity contribution in [1.29, 1.82) is 0 Å². The Hall–Kier alpha value is -1.20. The summed E-state index contributed by atoms with van der Waals surface area (Å²) in [5.41, 5.74) is 1.89. The molecular weight excluding hydrogens is 218 g/mol. The van der Waals surface area contributed by atoms with Gasteiger partial charge in [-0.2, -0.15) is 0 Å². The standard InChI is InChI=1S/C12H19N3O2/c1-3-8-5-13-9(4-2)12(14-8)15-10-6-17-7-11(10)16/h5,10-11,16H,3-4,6-7H2,1-2H3,(H,14,15)/t10?,11-/m0/s1. The van der Waals surface area contributed by atoms with Gasteiger partial charge in [0.05, 0.1) is 36.7 Å². The Labute approximate surface area is 101 Å². The van der Waals surface area contributed by atoms with Crippen LogP contribution in [0.25, 0.3) is 0 Å². The van der Waals surface area contributed by atoms with Crippen LogP contribution in [0.5, 0.6) is 0 Å². The van der Waals surface area contributed by atoms with Gasteiger partial charge in [-0.15, -0.1) is 0 Å². The highest BCUT2D eigenvalue weighted by Crippen LogP contribution is 2.16. The number of hydrogen-bond donors (Lipinski definition) is 2. The Morgan fingerprint density at radius 2 is 2.24 bits per heavy atom. The molecule has 1 fully saturated rings. The fraction of sp³-hybridized carbons (Fsp3) is 0.667. The summed E-state index contributed by atoms with van der Waals surface area (Å²) in [6.45, 7) is 5.00. The van der Waals surface area contributed by atoms with Crippen LogP contribution >= 0.6 is 0 Å². The van der Waals surface area contributed by atoms with E-state index in [1.54, 1.807) is 0 Å². The van der Waals surface area contributed by atoms with Crippen molar-refractivity contribution < 1.29 is 9.84 Å². The number of nitrogens with zero attached hydrogens (tertiary/aromatic N) is 2. The molecule has 2 atom stereocenters. The quantitative estimate of drug-likeness (QED) is 0.809. The average Bonchev–Trinajstić information content (AvgIpc) is 2.75. The zero-order valence-corrected chi connectivity index (χ0v) is 10.3. The first-order chi connectivity index (χ1) is 8.24. The van der Waals surface area contributed by atoms with Gasteiger partial charge in [0.25, 0.3) is 0 Å². The molecule has 5 nitrogen and oxygen atoms in total. The van der Waals surface area contributed by atoms with Crippen molar-refractivity contribution in [3.63, 3.8) is 0 Å². The fourth-order valence-corrected chi connectivity index (χ4v) is 1.85. The molecule has 1 aliphatic heterocycles. The van der Waals surface area contributed by atoms with Crippen molar-refractivity contribution in [3.8, 4) is 0 Å². The van der Waals surface area contributed by atoms with Crippen molar-refractivity contribution in [2.24, 2.45) is 0 Å². The highest BCUT2D eigenvalue weighted by atomic mass is 16.5. The topological polar surface area (TPSA) is 67.3 Å². The SMILES string of the molecule is CCc1cnc(CC)c(NC2COC[C@@H]2O)n1.